The first-order valence-electron chi connectivity index (χ1n) is 7.51. The van der Waals surface area contributed by atoms with Crippen molar-refractivity contribution < 1.29 is 18.8 Å². The van der Waals surface area contributed by atoms with Crippen molar-refractivity contribution in [2.45, 2.75) is 17.8 Å². The maximum absolute atomic E-state index is 14.2. The average Bonchev–Trinajstić information content (AvgIpc) is 2.58. The molecular formula is C18H11BrCl2FNO3. The summed E-state index contributed by atoms with van der Waals surface area (Å²) in [5.74, 6) is -1.99. The quantitative estimate of drug-likeness (QED) is 0.388. The Labute approximate surface area is 167 Å². The van der Waals surface area contributed by atoms with E-state index in [0.717, 1.165) is 4.90 Å². The Hall–Kier alpha value is -1.76. The van der Waals surface area contributed by atoms with Crippen LogP contribution in [0.15, 0.2) is 46.9 Å². The first-order valence-corrected chi connectivity index (χ1v) is 9.06. The normalized spacial score (nSPS) is 19.5. The minimum Gasteiger partial charge on any atom is -0.281 e. The van der Waals surface area contributed by atoms with Gasteiger partial charge >= 0.3 is 0 Å². The molecule has 0 fully saturated rings. The summed E-state index contributed by atoms with van der Waals surface area (Å²) in [7, 11) is 0. The molecule has 0 saturated heterocycles. The monoisotopic (exact) mass is 457 g/mol. The summed E-state index contributed by atoms with van der Waals surface area (Å²) < 4.78 is 14.7. The van der Waals surface area contributed by atoms with Gasteiger partial charge in [-0.05, 0) is 35.4 Å². The molecule has 0 aromatic heterocycles. The number of alkyl halides is 1. The van der Waals surface area contributed by atoms with E-state index in [1.807, 2.05) is 0 Å². The van der Waals surface area contributed by atoms with Crippen molar-refractivity contribution in [1.29, 1.82) is 0 Å². The molecule has 0 N–H and O–H groups in total. The molecule has 0 saturated carbocycles. The lowest BCUT2D eigenvalue weighted by Crippen LogP contribution is -2.52. The molecule has 3 rings (SSSR count). The van der Waals surface area contributed by atoms with Crippen LogP contribution < -0.4 is 0 Å². The molecule has 8 heteroatoms. The zero-order chi connectivity index (χ0) is 19.1. The SMILES string of the molecule is O=C(Cl)CC1(Cl)C(=O)N(Cc2ccc(Br)cc2F)C(=O)c2ccccc21. The standard InChI is InChI=1S/C18H11BrCl2FNO3/c19-11-6-5-10(14(22)7-11)9-23-16(25)12-3-1-2-4-13(12)18(21,17(23)26)8-15(20)24/h1-7H,8-9H2. The van der Waals surface area contributed by atoms with Crippen molar-refractivity contribution in [3.63, 3.8) is 0 Å². The third-order valence-corrected chi connectivity index (χ3v) is 5.27. The summed E-state index contributed by atoms with van der Waals surface area (Å²) in [6, 6.07) is 10.5. The fourth-order valence-corrected chi connectivity index (χ4v) is 3.90. The predicted octanol–water partition coefficient (Wildman–Crippen LogP) is 4.36. The van der Waals surface area contributed by atoms with Crippen molar-refractivity contribution >= 4 is 56.2 Å². The van der Waals surface area contributed by atoms with Gasteiger partial charge in [0.2, 0.25) is 5.24 Å². The highest BCUT2D eigenvalue weighted by molar-refractivity contribution is 9.10. The molecule has 1 heterocycles. The zero-order valence-corrected chi connectivity index (χ0v) is 16.2. The van der Waals surface area contributed by atoms with Crippen LogP contribution in [0.25, 0.3) is 0 Å². The lowest BCUT2D eigenvalue weighted by molar-refractivity contribution is -0.134. The smallest absolute Gasteiger partial charge is 0.261 e. The number of nitrogens with zero attached hydrogens (tertiary/aromatic N) is 1. The van der Waals surface area contributed by atoms with E-state index >= 15 is 0 Å². The van der Waals surface area contributed by atoms with E-state index in [4.69, 9.17) is 23.2 Å². The molecular weight excluding hydrogens is 448 g/mol. The maximum Gasteiger partial charge on any atom is 0.261 e. The van der Waals surface area contributed by atoms with Gasteiger partial charge in [0.1, 0.15) is 5.82 Å². The van der Waals surface area contributed by atoms with Crippen LogP contribution in [0, 0.1) is 5.82 Å². The number of carbonyl (C=O) groups excluding carboxylic acids is 3. The molecule has 1 aliphatic rings. The van der Waals surface area contributed by atoms with Gasteiger partial charge in [-0.25, -0.2) is 4.39 Å². The van der Waals surface area contributed by atoms with E-state index < -0.39 is 34.2 Å². The van der Waals surface area contributed by atoms with E-state index in [1.165, 1.54) is 24.3 Å². The number of halogens is 4. The number of imide groups is 1. The molecule has 4 nitrogen and oxygen atoms in total. The number of amides is 2. The topological polar surface area (TPSA) is 54.5 Å². The van der Waals surface area contributed by atoms with Crippen LogP contribution in [0.4, 0.5) is 4.39 Å². The number of rotatable bonds is 4. The highest BCUT2D eigenvalue weighted by Gasteiger charge is 2.50. The number of hydrogen-bond donors (Lipinski definition) is 0. The largest absolute Gasteiger partial charge is 0.281 e. The van der Waals surface area contributed by atoms with Crippen molar-refractivity contribution in [3.8, 4) is 0 Å². The third kappa shape index (κ3) is 3.29. The maximum atomic E-state index is 14.2. The highest BCUT2D eigenvalue weighted by atomic mass is 79.9. The van der Waals surface area contributed by atoms with E-state index in [0.29, 0.717) is 4.47 Å². The molecule has 0 spiro atoms. The van der Waals surface area contributed by atoms with Gasteiger partial charge in [0.25, 0.3) is 11.8 Å². The van der Waals surface area contributed by atoms with Crippen LogP contribution in [-0.2, 0) is 21.0 Å². The molecule has 1 unspecified atom stereocenters. The minimum atomic E-state index is -1.81. The number of carbonyl (C=O) groups is 3. The third-order valence-electron chi connectivity index (χ3n) is 4.14. The van der Waals surface area contributed by atoms with Crippen molar-refractivity contribution in [1.82, 2.24) is 4.90 Å². The molecule has 1 aliphatic heterocycles. The molecule has 0 bridgehead atoms. The summed E-state index contributed by atoms with van der Waals surface area (Å²) in [4.78, 5) is 36.3. The van der Waals surface area contributed by atoms with E-state index in [9.17, 15) is 18.8 Å². The zero-order valence-electron chi connectivity index (χ0n) is 13.1. The Balaban J connectivity index is 2.08. The first-order chi connectivity index (χ1) is 12.2. The first kappa shape index (κ1) is 19.0. The van der Waals surface area contributed by atoms with Crippen molar-refractivity contribution in [2.24, 2.45) is 0 Å². The lowest BCUT2D eigenvalue weighted by Gasteiger charge is -2.37. The van der Waals surface area contributed by atoms with Gasteiger partial charge in [-0.1, -0.05) is 40.2 Å². The van der Waals surface area contributed by atoms with Gasteiger partial charge < -0.3 is 0 Å². The molecule has 134 valence electrons. The molecule has 26 heavy (non-hydrogen) atoms. The van der Waals surface area contributed by atoms with Crippen LogP contribution in [0.2, 0.25) is 0 Å². The molecule has 2 amide bonds. The average molecular weight is 459 g/mol. The predicted molar refractivity (Wildman–Crippen MR) is 98.4 cm³/mol. The van der Waals surface area contributed by atoms with Crippen LogP contribution in [-0.4, -0.2) is 22.0 Å². The fraction of sp³-hybridized carbons (Fsp3) is 0.167. The summed E-state index contributed by atoms with van der Waals surface area (Å²) in [6.45, 7) is -0.309. The van der Waals surface area contributed by atoms with Gasteiger partial charge in [0, 0.05) is 15.6 Å². The second-order valence-corrected chi connectivity index (χ2v) is 7.79. The fourth-order valence-electron chi connectivity index (χ4n) is 2.91. The Morgan fingerprint density at radius 3 is 2.54 bits per heavy atom. The number of fused-ring (bicyclic) bond motifs is 1. The molecule has 1 atom stereocenters. The Bertz CT molecular complexity index is 936. The van der Waals surface area contributed by atoms with Gasteiger partial charge in [-0.15, -0.1) is 11.6 Å². The Morgan fingerprint density at radius 1 is 1.19 bits per heavy atom. The molecule has 0 radical (unpaired) electrons. The summed E-state index contributed by atoms with van der Waals surface area (Å²) in [6.07, 6.45) is -0.488. The van der Waals surface area contributed by atoms with Crippen LogP contribution in [0.3, 0.4) is 0 Å². The second-order valence-electron chi connectivity index (χ2n) is 5.81. The van der Waals surface area contributed by atoms with Crippen molar-refractivity contribution in [3.05, 3.63) is 69.4 Å². The molecule has 0 aliphatic carbocycles. The number of hydrogen-bond acceptors (Lipinski definition) is 3. The van der Waals surface area contributed by atoms with Gasteiger partial charge in [-0.3, -0.25) is 19.3 Å². The minimum absolute atomic E-state index is 0.144. The highest BCUT2D eigenvalue weighted by Crippen LogP contribution is 2.42. The van der Waals surface area contributed by atoms with E-state index in [-0.39, 0.29) is 23.2 Å². The summed E-state index contributed by atoms with van der Waals surface area (Å²) in [5, 5.41) is -0.813. The van der Waals surface area contributed by atoms with Gasteiger partial charge in [0.15, 0.2) is 4.87 Å². The second kappa shape index (κ2) is 7.10. The Morgan fingerprint density at radius 2 is 1.88 bits per heavy atom. The van der Waals surface area contributed by atoms with E-state index in [1.54, 1.807) is 18.2 Å². The van der Waals surface area contributed by atoms with Gasteiger partial charge in [0.05, 0.1) is 13.0 Å². The van der Waals surface area contributed by atoms with Gasteiger partial charge in [-0.2, -0.15) is 0 Å². The summed E-state index contributed by atoms with van der Waals surface area (Å²) in [5.41, 5.74) is 0.543. The van der Waals surface area contributed by atoms with Crippen LogP contribution in [0.1, 0.15) is 27.9 Å². The van der Waals surface area contributed by atoms with Crippen LogP contribution >= 0.6 is 39.1 Å². The number of benzene rings is 2. The molecule has 2 aromatic rings. The van der Waals surface area contributed by atoms with Crippen molar-refractivity contribution in [2.75, 3.05) is 0 Å². The summed E-state index contributed by atoms with van der Waals surface area (Å²) >= 11 is 15.1. The Kier molecular flexibility index (Phi) is 5.19. The molecule has 2 aromatic carbocycles. The van der Waals surface area contributed by atoms with Crippen LogP contribution in [0.5, 0.6) is 0 Å². The lowest BCUT2D eigenvalue weighted by atomic mass is 9.85. The van der Waals surface area contributed by atoms with E-state index in [2.05, 4.69) is 15.9 Å².